The Bertz CT molecular complexity index is 438. The summed E-state index contributed by atoms with van der Waals surface area (Å²) >= 11 is 0. The van der Waals surface area contributed by atoms with Crippen molar-refractivity contribution in [1.82, 2.24) is 10.6 Å². The number of rotatable bonds is 2. The molecule has 1 heterocycles. The molecule has 17 heavy (non-hydrogen) atoms. The number of fused-ring (bicyclic) bond motifs is 1. The molecule has 0 aromatic heterocycles. The van der Waals surface area contributed by atoms with Crippen LogP contribution in [0.1, 0.15) is 46.8 Å². The minimum absolute atomic E-state index is 0.0208. The third-order valence-electron chi connectivity index (χ3n) is 3.38. The molecule has 92 valence electrons. The van der Waals surface area contributed by atoms with Crippen molar-refractivity contribution < 1.29 is 4.79 Å². The van der Waals surface area contributed by atoms with Gasteiger partial charge in [0.15, 0.2) is 0 Å². The lowest BCUT2D eigenvalue weighted by atomic mass is 9.89. The molecule has 0 saturated heterocycles. The van der Waals surface area contributed by atoms with Gasteiger partial charge in [-0.05, 0) is 41.6 Å². The molecule has 2 rings (SSSR count). The van der Waals surface area contributed by atoms with Crippen LogP contribution in [-0.4, -0.2) is 19.5 Å². The second-order valence-corrected chi connectivity index (χ2v) is 4.87. The zero-order valence-corrected chi connectivity index (χ0v) is 10.8. The zero-order chi connectivity index (χ0) is 12.4. The summed E-state index contributed by atoms with van der Waals surface area (Å²) in [4.78, 5) is 11.9. The number of hydrogen-bond donors (Lipinski definition) is 2. The average Bonchev–Trinajstić information content (AvgIpc) is 2.36. The van der Waals surface area contributed by atoms with E-state index < -0.39 is 0 Å². The molecule has 0 atom stereocenters. The molecule has 1 amide bonds. The summed E-state index contributed by atoms with van der Waals surface area (Å²) in [5.74, 6) is 0.478. The first-order chi connectivity index (χ1) is 8.13. The summed E-state index contributed by atoms with van der Waals surface area (Å²) in [5, 5.41) is 6.06. The number of amides is 1. The maximum Gasteiger partial charge on any atom is 0.251 e. The van der Waals surface area contributed by atoms with Gasteiger partial charge in [-0.15, -0.1) is 0 Å². The standard InChI is InChI=1S/C14H20N2O/c1-9(2)11-6-10-4-5-16-8-13(10)12(7-11)14(17)15-3/h6-7,9,16H,4-5,8H2,1-3H3,(H,15,17). The largest absolute Gasteiger partial charge is 0.355 e. The van der Waals surface area contributed by atoms with Crippen LogP contribution in [0.2, 0.25) is 0 Å². The van der Waals surface area contributed by atoms with Crippen LogP contribution in [0.3, 0.4) is 0 Å². The van der Waals surface area contributed by atoms with E-state index in [0.717, 1.165) is 25.1 Å². The van der Waals surface area contributed by atoms with Gasteiger partial charge in [-0.2, -0.15) is 0 Å². The van der Waals surface area contributed by atoms with Crippen molar-refractivity contribution in [2.24, 2.45) is 0 Å². The molecule has 0 radical (unpaired) electrons. The first kappa shape index (κ1) is 12.1. The fraction of sp³-hybridized carbons (Fsp3) is 0.500. The molecule has 0 spiro atoms. The Kier molecular flexibility index (Phi) is 3.48. The van der Waals surface area contributed by atoms with Gasteiger partial charge in [0.25, 0.3) is 5.91 Å². The number of carbonyl (C=O) groups excluding carboxylic acids is 1. The van der Waals surface area contributed by atoms with Crippen molar-refractivity contribution >= 4 is 5.91 Å². The van der Waals surface area contributed by atoms with E-state index in [-0.39, 0.29) is 5.91 Å². The van der Waals surface area contributed by atoms with Gasteiger partial charge in [-0.1, -0.05) is 19.9 Å². The Labute approximate surface area is 103 Å². The molecular formula is C14H20N2O. The van der Waals surface area contributed by atoms with Gasteiger partial charge < -0.3 is 10.6 Å². The van der Waals surface area contributed by atoms with E-state index in [1.807, 2.05) is 6.07 Å². The highest BCUT2D eigenvalue weighted by Gasteiger charge is 2.18. The van der Waals surface area contributed by atoms with E-state index >= 15 is 0 Å². The number of carbonyl (C=O) groups is 1. The molecule has 0 aliphatic carbocycles. The predicted molar refractivity (Wildman–Crippen MR) is 69.3 cm³/mol. The minimum atomic E-state index is 0.0208. The third kappa shape index (κ3) is 2.34. The Morgan fingerprint density at radius 2 is 2.18 bits per heavy atom. The van der Waals surface area contributed by atoms with Gasteiger partial charge in [0.05, 0.1) is 0 Å². The van der Waals surface area contributed by atoms with Gasteiger partial charge in [0.2, 0.25) is 0 Å². The van der Waals surface area contributed by atoms with Crippen molar-refractivity contribution in [3.05, 3.63) is 34.4 Å². The van der Waals surface area contributed by atoms with Crippen LogP contribution >= 0.6 is 0 Å². The highest BCUT2D eigenvalue weighted by Crippen LogP contribution is 2.25. The normalized spacial score (nSPS) is 14.6. The lowest BCUT2D eigenvalue weighted by Crippen LogP contribution is -2.28. The number of benzene rings is 1. The molecule has 3 heteroatoms. The quantitative estimate of drug-likeness (QED) is 0.816. The van der Waals surface area contributed by atoms with E-state index in [1.165, 1.54) is 16.7 Å². The Morgan fingerprint density at radius 3 is 2.82 bits per heavy atom. The van der Waals surface area contributed by atoms with Crippen molar-refractivity contribution in [3.63, 3.8) is 0 Å². The maximum atomic E-state index is 11.9. The van der Waals surface area contributed by atoms with E-state index in [9.17, 15) is 4.79 Å². The summed E-state index contributed by atoms with van der Waals surface area (Å²) in [6, 6.07) is 4.29. The number of nitrogens with one attached hydrogen (secondary N) is 2. The fourth-order valence-corrected chi connectivity index (χ4v) is 2.30. The van der Waals surface area contributed by atoms with E-state index in [4.69, 9.17) is 0 Å². The SMILES string of the molecule is CNC(=O)c1cc(C(C)C)cc2c1CNCC2. The zero-order valence-electron chi connectivity index (χ0n) is 10.8. The third-order valence-corrected chi connectivity index (χ3v) is 3.38. The molecule has 1 aliphatic heterocycles. The Morgan fingerprint density at radius 1 is 1.41 bits per heavy atom. The van der Waals surface area contributed by atoms with E-state index in [2.05, 4.69) is 30.5 Å². The first-order valence-electron chi connectivity index (χ1n) is 6.22. The van der Waals surface area contributed by atoms with E-state index in [1.54, 1.807) is 7.05 Å². The fourth-order valence-electron chi connectivity index (χ4n) is 2.30. The smallest absolute Gasteiger partial charge is 0.251 e. The van der Waals surface area contributed by atoms with Gasteiger partial charge in [0, 0.05) is 19.2 Å². The second kappa shape index (κ2) is 4.88. The molecule has 2 N–H and O–H groups in total. The van der Waals surface area contributed by atoms with Crippen LogP contribution in [0, 0.1) is 0 Å². The summed E-state index contributed by atoms with van der Waals surface area (Å²) in [5.41, 5.74) is 4.58. The van der Waals surface area contributed by atoms with Crippen LogP contribution in [0.15, 0.2) is 12.1 Å². The summed E-state index contributed by atoms with van der Waals surface area (Å²) < 4.78 is 0. The Hall–Kier alpha value is -1.35. The molecule has 0 unspecified atom stereocenters. The molecule has 0 bridgehead atoms. The monoisotopic (exact) mass is 232 g/mol. The van der Waals surface area contributed by atoms with Gasteiger partial charge in [0.1, 0.15) is 0 Å². The van der Waals surface area contributed by atoms with E-state index in [0.29, 0.717) is 5.92 Å². The Balaban J connectivity index is 2.54. The van der Waals surface area contributed by atoms with Crippen molar-refractivity contribution in [1.29, 1.82) is 0 Å². The van der Waals surface area contributed by atoms with Crippen molar-refractivity contribution in [2.45, 2.75) is 32.7 Å². The van der Waals surface area contributed by atoms with Crippen LogP contribution in [0.5, 0.6) is 0 Å². The van der Waals surface area contributed by atoms with Crippen LogP contribution in [0.25, 0.3) is 0 Å². The van der Waals surface area contributed by atoms with Crippen LogP contribution in [-0.2, 0) is 13.0 Å². The van der Waals surface area contributed by atoms with Crippen molar-refractivity contribution in [2.75, 3.05) is 13.6 Å². The van der Waals surface area contributed by atoms with Crippen LogP contribution in [0.4, 0.5) is 0 Å². The summed E-state index contributed by atoms with van der Waals surface area (Å²) in [6.07, 6.45) is 1.01. The highest BCUT2D eigenvalue weighted by molar-refractivity contribution is 5.96. The second-order valence-electron chi connectivity index (χ2n) is 4.87. The maximum absolute atomic E-state index is 11.9. The number of hydrogen-bond acceptors (Lipinski definition) is 2. The molecule has 0 fully saturated rings. The lowest BCUT2D eigenvalue weighted by Gasteiger charge is -2.22. The summed E-state index contributed by atoms with van der Waals surface area (Å²) in [6.45, 7) is 6.13. The lowest BCUT2D eigenvalue weighted by molar-refractivity contribution is 0.0961. The predicted octanol–water partition coefficient (Wildman–Crippen LogP) is 1.82. The van der Waals surface area contributed by atoms with Gasteiger partial charge in [-0.3, -0.25) is 4.79 Å². The summed E-state index contributed by atoms with van der Waals surface area (Å²) in [7, 11) is 1.69. The molecule has 1 aliphatic rings. The topological polar surface area (TPSA) is 41.1 Å². The van der Waals surface area contributed by atoms with Crippen LogP contribution < -0.4 is 10.6 Å². The highest BCUT2D eigenvalue weighted by atomic mass is 16.1. The molecule has 3 nitrogen and oxygen atoms in total. The molecule has 1 aromatic carbocycles. The van der Waals surface area contributed by atoms with Gasteiger partial charge in [-0.25, -0.2) is 0 Å². The van der Waals surface area contributed by atoms with Gasteiger partial charge >= 0.3 is 0 Å². The average molecular weight is 232 g/mol. The molecular weight excluding hydrogens is 212 g/mol. The first-order valence-corrected chi connectivity index (χ1v) is 6.22. The minimum Gasteiger partial charge on any atom is -0.355 e. The van der Waals surface area contributed by atoms with Crippen molar-refractivity contribution in [3.8, 4) is 0 Å². The molecule has 0 saturated carbocycles. The molecule has 1 aromatic rings.